The maximum absolute atomic E-state index is 13.5. The lowest BCUT2D eigenvalue weighted by Crippen LogP contribution is -2.25. The molecule has 0 unspecified atom stereocenters. The van der Waals surface area contributed by atoms with Crippen LogP contribution >= 0.6 is 0 Å². The van der Waals surface area contributed by atoms with Crippen LogP contribution in [0.3, 0.4) is 0 Å². The van der Waals surface area contributed by atoms with Gasteiger partial charge in [-0.05, 0) is 24.6 Å². The molecule has 0 aliphatic carbocycles. The molecule has 2 rings (SSSR count). The Bertz CT molecular complexity index is 476. The monoisotopic (exact) mass is 221 g/mol. The average molecular weight is 221 g/mol. The number of fused-ring (bicyclic) bond motifs is 1. The summed E-state index contributed by atoms with van der Waals surface area (Å²) in [7, 11) is 0. The molecule has 0 amide bonds. The van der Waals surface area contributed by atoms with Gasteiger partial charge >= 0.3 is 0 Å². The first-order valence-corrected chi connectivity index (χ1v) is 5.53. The summed E-state index contributed by atoms with van der Waals surface area (Å²) in [6.07, 6.45) is 0.811. The van der Waals surface area contributed by atoms with Gasteiger partial charge in [-0.25, -0.2) is 0 Å². The first-order chi connectivity index (χ1) is 7.68. The van der Waals surface area contributed by atoms with Crippen molar-refractivity contribution in [2.24, 2.45) is 0 Å². The quantitative estimate of drug-likeness (QED) is 0.831. The molecule has 3 nitrogen and oxygen atoms in total. The van der Waals surface area contributed by atoms with Gasteiger partial charge < -0.3 is 5.32 Å². The normalized spacial score (nSPS) is 11.5. The lowest BCUT2D eigenvalue weighted by atomic mass is 10.1. The predicted molar refractivity (Wildman–Crippen MR) is 62.9 cm³/mol. The topological polar surface area (TPSA) is 40.7 Å². The molecule has 0 saturated carbocycles. The molecule has 1 aromatic carbocycles. The summed E-state index contributed by atoms with van der Waals surface area (Å²) in [6.45, 7) is 5.04. The number of H-pyrrole nitrogens is 1. The summed E-state index contributed by atoms with van der Waals surface area (Å²) in [6, 6.07) is 6.12. The van der Waals surface area contributed by atoms with Gasteiger partial charge in [-0.3, -0.25) is 5.10 Å². The van der Waals surface area contributed by atoms with Crippen LogP contribution in [-0.4, -0.2) is 22.8 Å². The zero-order valence-corrected chi connectivity index (χ0v) is 9.55. The Hall–Kier alpha value is -1.42. The van der Waals surface area contributed by atoms with Gasteiger partial charge in [0.2, 0.25) is 5.95 Å². The molecular formula is C12H16FN3. The highest BCUT2D eigenvalue weighted by Gasteiger charge is 2.08. The molecule has 0 atom stereocenters. The van der Waals surface area contributed by atoms with Gasteiger partial charge in [0, 0.05) is 6.04 Å². The smallest absolute Gasteiger partial charge is 0.217 e. The molecule has 1 aromatic heterocycles. The van der Waals surface area contributed by atoms with Crippen LogP contribution in [0.2, 0.25) is 0 Å². The van der Waals surface area contributed by atoms with Crippen molar-refractivity contribution in [3.05, 3.63) is 29.7 Å². The Morgan fingerprint density at radius 1 is 1.44 bits per heavy atom. The molecule has 0 radical (unpaired) electrons. The van der Waals surface area contributed by atoms with Crippen molar-refractivity contribution in [1.82, 2.24) is 15.5 Å². The number of aromatic nitrogens is 2. The molecule has 86 valence electrons. The Labute approximate surface area is 94.1 Å². The number of hydrogen-bond donors (Lipinski definition) is 2. The van der Waals surface area contributed by atoms with Crippen molar-refractivity contribution in [1.29, 1.82) is 0 Å². The number of nitrogens with zero attached hydrogens (tertiary/aromatic N) is 1. The van der Waals surface area contributed by atoms with E-state index in [2.05, 4.69) is 29.4 Å². The fourth-order valence-electron chi connectivity index (χ4n) is 1.80. The Morgan fingerprint density at radius 3 is 3.00 bits per heavy atom. The Kier molecular flexibility index (Phi) is 3.19. The Balaban J connectivity index is 2.20. The van der Waals surface area contributed by atoms with Crippen LogP contribution < -0.4 is 5.32 Å². The van der Waals surface area contributed by atoms with Gasteiger partial charge in [-0.2, -0.15) is 9.49 Å². The SMILES string of the molecule is CC(C)NCCc1cccc2n[nH]c(F)c12. The molecule has 2 N–H and O–H groups in total. The van der Waals surface area contributed by atoms with E-state index in [0.29, 0.717) is 16.9 Å². The van der Waals surface area contributed by atoms with E-state index in [4.69, 9.17) is 0 Å². The molecule has 4 heteroatoms. The van der Waals surface area contributed by atoms with E-state index < -0.39 is 0 Å². The van der Waals surface area contributed by atoms with Crippen molar-refractivity contribution >= 4 is 10.9 Å². The van der Waals surface area contributed by atoms with Crippen LogP contribution in [0.1, 0.15) is 19.4 Å². The second-order valence-corrected chi connectivity index (χ2v) is 4.21. The molecule has 0 fully saturated rings. The molecule has 0 spiro atoms. The van der Waals surface area contributed by atoms with E-state index in [9.17, 15) is 4.39 Å². The zero-order chi connectivity index (χ0) is 11.5. The summed E-state index contributed by atoms with van der Waals surface area (Å²) >= 11 is 0. The van der Waals surface area contributed by atoms with E-state index in [1.165, 1.54) is 0 Å². The van der Waals surface area contributed by atoms with Crippen molar-refractivity contribution < 1.29 is 4.39 Å². The van der Waals surface area contributed by atoms with Crippen molar-refractivity contribution in [2.75, 3.05) is 6.54 Å². The largest absolute Gasteiger partial charge is 0.314 e. The lowest BCUT2D eigenvalue weighted by molar-refractivity contribution is 0.582. The zero-order valence-electron chi connectivity index (χ0n) is 9.55. The van der Waals surface area contributed by atoms with Crippen molar-refractivity contribution in [2.45, 2.75) is 26.3 Å². The van der Waals surface area contributed by atoms with Gasteiger partial charge in [0.1, 0.15) is 0 Å². The second kappa shape index (κ2) is 4.61. The lowest BCUT2D eigenvalue weighted by Gasteiger charge is -2.08. The Morgan fingerprint density at radius 2 is 2.25 bits per heavy atom. The van der Waals surface area contributed by atoms with Crippen LogP contribution in [0, 0.1) is 5.95 Å². The average Bonchev–Trinajstić information content (AvgIpc) is 2.61. The van der Waals surface area contributed by atoms with E-state index in [1.807, 2.05) is 18.2 Å². The summed E-state index contributed by atoms with van der Waals surface area (Å²) < 4.78 is 13.5. The minimum absolute atomic E-state index is 0.338. The van der Waals surface area contributed by atoms with Gasteiger partial charge in [-0.1, -0.05) is 26.0 Å². The third-order valence-corrected chi connectivity index (χ3v) is 2.57. The van der Waals surface area contributed by atoms with Crippen LogP contribution in [0.25, 0.3) is 10.9 Å². The maximum atomic E-state index is 13.5. The van der Waals surface area contributed by atoms with E-state index in [1.54, 1.807) is 0 Å². The highest BCUT2D eigenvalue weighted by Crippen LogP contribution is 2.19. The first kappa shape index (κ1) is 11.1. The standard InChI is InChI=1S/C12H16FN3/c1-8(2)14-7-6-9-4-3-5-10-11(9)12(13)16-15-10/h3-5,8,14H,6-7H2,1-2H3,(H,15,16). The number of halogens is 1. The number of rotatable bonds is 4. The first-order valence-electron chi connectivity index (χ1n) is 5.53. The summed E-state index contributed by atoms with van der Waals surface area (Å²) in [5.74, 6) is -0.338. The van der Waals surface area contributed by atoms with E-state index in [0.717, 1.165) is 18.5 Å². The minimum atomic E-state index is -0.338. The van der Waals surface area contributed by atoms with Crippen molar-refractivity contribution in [3.63, 3.8) is 0 Å². The third-order valence-electron chi connectivity index (χ3n) is 2.57. The van der Waals surface area contributed by atoms with Crippen molar-refractivity contribution in [3.8, 4) is 0 Å². The fourth-order valence-corrected chi connectivity index (χ4v) is 1.80. The highest BCUT2D eigenvalue weighted by molar-refractivity contribution is 5.82. The van der Waals surface area contributed by atoms with Gasteiger partial charge in [-0.15, -0.1) is 0 Å². The molecule has 0 saturated heterocycles. The number of benzene rings is 1. The predicted octanol–water partition coefficient (Wildman–Crippen LogP) is 2.24. The molecule has 2 aromatic rings. The molecule has 0 bridgehead atoms. The van der Waals surface area contributed by atoms with Gasteiger partial charge in [0.15, 0.2) is 0 Å². The van der Waals surface area contributed by atoms with Crippen LogP contribution in [0.15, 0.2) is 18.2 Å². The highest BCUT2D eigenvalue weighted by atomic mass is 19.1. The summed E-state index contributed by atoms with van der Waals surface area (Å²) in [5, 5.41) is 10.2. The molecule has 16 heavy (non-hydrogen) atoms. The molecule has 1 heterocycles. The summed E-state index contributed by atoms with van der Waals surface area (Å²) in [5.41, 5.74) is 1.69. The molecule has 0 aliphatic rings. The number of hydrogen-bond acceptors (Lipinski definition) is 2. The van der Waals surface area contributed by atoms with Gasteiger partial charge in [0.05, 0.1) is 10.9 Å². The van der Waals surface area contributed by atoms with Crippen LogP contribution in [0.5, 0.6) is 0 Å². The van der Waals surface area contributed by atoms with E-state index >= 15 is 0 Å². The maximum Gasteiger partial charge on any atom is 0.217 e. The molecule has 0 aliphatic heterocycles. The second-order valence-electron chi connectivity index (χ2n) is 4.21. The molecular weight excluding hydrogens is 205 g/mol. The third kappa shape index (κ3) is 2.22. The number of aromatic amines is 1. The van der Waals surface area contributed by atoms with E-state index in [-0.39, 0.29) is 5.95 Å². The number of nitrogens with one attached hydrogen (secondary N) is 2. The van der Waals surface area contributed by atoms with Crippen LogP contribution in [0.4, 0.5) is 4.39 Å². The van der Waals surface area contributed by atoms with Gasteiger partial charge in [0.25, 0.3) is 0 Å². The summed E-state index contributed by atoms with van der Waals surface area (Å²) in [4.78, 5) is 0. The fraction of sp³-hybridized carbons (Fsp3) is 0.417. The van der Waals surface area contributed by atoms with Crippen LogP contribution in [-0.2, 0) is 6.42 Å². The minimum Gasteiger partial charge on any atom is -0.314 e.